The summed E-state index contributed by atoms with van der Waals surface area (Å²) in [7, 11) is 0. The lowest BCUT2D eigenvalue weighted by atomic mass is 10.2. The fourth-order valence-corrected chi connectivity index (χ4v) is 3.06. The van der Waals surface area contributed by atoms with Gasteiger partial charge in [-0.15, -0.1) is 0 Å². The van der Waals surface area contributed by atoms with Crippen LogP contribution in [0.25, 0.3) is 0 Å². The average molecular weight is 401 g/mol. The molecule has 0 aliphatic heterocycles. The Morgan fingerprint density at radius 1 is 0.852 bits per heavy atom. The van der Waals surface area contributed by atoms with Gasteiger partial charge in [0.2, 0.25) is 5.91 Å². The molecule has 3 aromatic carbocycles. The van der Waals surface area contributed by atoms with E-state index in [1.807, 2.05) is 42.5 Å². The Labute approximate surface area is 167 Å². The predicted molar refractivity (Wildman–Crippen MR) is 108 cm³/mol. The van der Waals surface area contributed by atoms with Gasteiger partial charge in [0.15, 0.2) is 0 Å². The van der Waals surface area contributed by atoms with Gasteiger partial charge in [-0.25, -0.2) is 0 Å². The van der Waals surface area contributed by atoms with Crippen LogP contribution in [0, 0.1) is 0 Å². The van der Waals surface area contributed by atoms with Crippen LogP contribution in [-0.4, -0.2) is 5.91 Å². The Morgan fingerprint density at radius 3 is 1.96 bits per heavy atom. The quantitative estimate of drug-likeness (QED) is 0.574. The molecule has 0 heterocycles. The molecule has 4 nitrogen and oxygen atoms in total. The maximum absolute atomic E-state index is 11.1. The summed E-state index contributed by atoms with van der Waals surface area (Å²) in [6.07, 6.45) is 0. The maximum Gasteiger partial charge on any atom is 0.248 e. The highest BCUT2D eigenvalue weighted by Gasteiger charge is 2.05. The molecular formula is C21H18Cl2N2O2. The number of primary amides is 1. The van der Waals surface area contributed by atoms with Crippen molar-refractivity contribution >= 4 is 29.1 Å². The van der Waals surface area contributed by atoms with Gasteiger partial charge >= 0.3 is 0 Å². The van der Waals surface area contributed by atoms with Gasteiger partial charge in [0, 0.05) is 34.3 Å². The highest BCUT2D eigenvalue weighted by molar-refractivity contribution is 6.35. The number of nitrogens with one attached hydrogen (secondary N) is 1. The number of carbonyl (C=O) groups excluding carboxylic acids is 1. The van der Waals surface area contributed by atoms with Crippen LogP contribution in [-0.2, 0) is 13.1 Å². The minimum Gasteiger partial charge on any atom is -0.457 e. The second-order valence-electron chi connectivity index (χ2n) is 5.94. The molecule has 0 spiro atoms. The van der Waals surface area contributed by atoms with Gasteiger partial charge in [-0.1, -0.05) is 41.4 Å². The molecule has 0 aromatic heterocycles. The lowest BCUT2D eigenvalue weighted by molar-refractivity contribution is 0.100. The van der Waals surface area contributed by atoms with E-state index in [2.05, 4.69) is 5.32 Å². The standard InChI is InChI=1S/C21H18Cl2N2O2/c22-19-2-1-3-20(23)18(19)13-25-12-14-4-8-16(9-5-14)27-17-10-6-15(7-11-17)21(24)26/h1-11,25H,12-13H2,(H2,24,26). The van der Waals surface area contributed by atoms with Crippen LogP contribution < -0.4 is 15.8 Å². The summed E-state index contributed by atoms with van der Waals surface area (Å²) in [6, 6.07) is 19.9. The number of rotatable bonds is 7. The number of carbonyl (C=O) groups is 1. The van der Waals surface area contributed by atoms with E-state index in [1.54, 1.807) is 24.3 Å². The molecule has 0 aliphatic carbocycles. The van der Waals surface area contributed by atoms with Gasteiger partial charge in [-0.2, -0.15) is 0 Å². The maximum atomic E-state index is 11.1. The minimum absolute atomic E-state index is 0.447. The Kier molecular flexibility index (Phi) is 6.35. The number of amides is 1. The molecular weight excluding hydrogens is 383 g/mol. The average Bonchev–Trinajstić information content (AvgIpc) is 2.66. The fourth-order valence-electron chi connectivity index (χ4n) is 2.53. The summed E-state index contributed by atoms with van der Waals surface area (Å²) in [5.41, 5.74) is 7.67. The van der Waals surface area contributed by atoms with Crippen molar-refractivity contribution < 1.29 is 9.53 Å². The first kappa shape index (κ1) is 19.2. The monoisotopic (exact) mass is 400 g/mol. The van der Waals surface area contributed by atoms with Crippen molar-refractivity contribution in [2.45, 2.75) is 13.1 Å². The van der Waals surface area contributed by atoms with Crippen LogP contribution in [0.4, 0.5) is 0 Å². The van der Waals surface area contributed by atoms with Crippen molar-refractivity contribution in [3.63, 3.8) is 0 Å². The fraction of sp³-hybridized carbons (Fsp3) is 0.0952. The summed E-state index contributed by atoms with van der Waals surface area (Å²) in [5, 5.41) is 4.64. The first-order valence-corrected chi connectivity index (χ1v) is 9.09. The predicted octanol–water partition coefficient (Wildman–Crippen LogP) is 5.17. The summed E-state index contributed by atoms with van der Waals surface area (Å²) >= 11 is 12.3. The van der Waals surface area contributed by atoms with Gasteiger partial charge in [-0.05, 0) is 54.1 Å². The van der Waals surface area contributed by atoms with Crippen molar-refractivity contribution in [2.75, 3.05) is 0 Å². The molecule has 0 atom stereocenters. The van der Waals surface area contributed by atoms with Crippen molar-refractivity contribution in [1.29, 1.82) is 0 Å². The molecule has 0 fully saturated rings. The third kappa shape index (κ3) is 5.23. The first-order valence-electron chi connectivity index (χ1n) is 8.33. The van der Waals surface area contributed by atoms with E-state index >= 15 is 0 Å². The molecule has 6 heteroatoms. The van der Waals surface area contributed by atoms with Gasteiger partial charge < -0.3 is 15.8 Å². The van der Waals surface area contributed by atoms with Crippen LogP contribution in [0.2, 0.25) is 10.0 Å². The molecule has 0 unspecified atom stereocenters. The third-order valence-corrected chi connectivity index (χ3v) is 4.70. The van der Waals surface area contributed by atoms with Crippen LogP contribution in [0.1, 0.15) is 21.5 Å². The molecule has 0 bridgehead atoms. The van der Waals surface area contributed by atoms with Gasteiger partial charge in [0.1, 0.15) is 11.5 Å². The van der Waals surface area contributed by atoms with Gasteiger partial charge in [0.05, 0.1) is 0 Å². The normalized spacial score (nSPS) is 10.6. The highest BCUT2D eigenvalue weighted by Crippen LogP contribution is 2.24. The lowest BCUT2D eigenvalue weighted by Crippen LogP contribution is -2.13. The number of benzene rings is 3. The number of nitrogens with two attached hydrogens (primary N) is 1. The van der Waals surface area contributed by atoms with Gasteiger partial charge in [-0.3, -0.25) is 4.79 Å². The second kappa shape index (κ2) is 8.91. The molecule has 3 aromatic rings. The number of hydrogen-bond acceptors (Lipinski definition) is 3. The third-order valence-electron chi connectivity index (χ3n) is 3.99. The number of ether oxygens (including phenoxy) is 1. The van der Waals surface area contributed by atoms with Crippen molar-refractivity contribution in [1.82, 2.24) is 5.32 Å². The summed E-state index contributed by atoms with van der Waals surface area (Å²) in [4.78, 5) is 11.1. The van der Waals surface area contributed by atoms with E-state index in [4.69, 9.17) is 33.7 Å². The van der Waals surface area contributed by atoms with E-state index in [-0.39, 0.29) is 0 Å². The van der Waals surface area contributed by atoms with Crippen LogP contribution in [0.15, 0.2) is 66.7 Å². The minimum atomic E-state index is -0.462. The molecule has 1 amide bonds. The molecule has 0 radical (unpaired) electrons. The Hall–Kier alpha value is -2.53. The molecule has 0 saturated carbocycles. The van der Waals surface area contributed by atoms with E-state index in [9.17, 15) is 4.79 Å². The smallest absolute Gasteiger partial charge is 0.248 e. The van der Waals surface area contributed by atoms with Crippen LogP contribution in [0.3, 0.4) is 0 Å². The zero-order chi connectivity index (χ0) is 19.2. The van der Waals surface area contributed by atoms with Gasteiger partial charge in [0.25, 0.3) is 0 Å². The Bertz CT molecular complexity index is 906. The highest BCUT2D eigenvalue weighted by atomic mass is 35.5. The van der Waals surface area contributed by atoms with Crippen molar-refractivity contribution in [3.8, 4) is 11.5 Å². The summed E-state index contributed by atoms with van der Waals surface area (Å²) < 4.78 is 5.77. The summed E-state index contributed by atoms with van der Waals surface area (Å²) in [5.74, 6) is 0.885. The van der Waals surface area contributed by atoms with E-state index in [1.165, 1.54) is 0 Å². The summed E-state index contributed by atoms with van der Waals surface area (Å²) in [6.45, 7) is 1.26. The second-order valence-corrected chi connectivity index (χ2v) is 6.75. The van der Waals surface area contributed by atoms with Crippen LogP contribution >= 0.6 is 23.2 Å². The zero-order valence-electron chi connectivity index (χ0n) is 14.4. The SMILES string of the molecule is NC(=O)c1ccc(Oc2ccc(CNCc3c(Cl)cccc3Cl)cc2)cc1. The Morgan fingerprint density at radius 2 is 1.41 bits per heavy atom. The molecule has 27 heavy (non-hydrogen) atoms. The zero-order valence-corrected chi connectivity index (χ0v) is 15.9. The Balaban J connectivity index is 1.55. The molecule has 0 saturated heterocycles. The molecule has 3 N–H and O–H groups in total. The molecule has 0 aliphatic rings. The lowest BCUT2D eigenvalue weighted by Gasteiger charge is -2.10. The van der Waals surface area contributed by atoms with Crippen molar-refractivity contribution in [3.05, 3.63) is 93.5 Å². The number of halogens is 2. The molecule has 138 valence electrons. The topological polar surface area (TPSA) is 64.4 Å². The van der Waals surface area contributed by atoms with Crippen LogP contribution in [0.5, 0.6) is 11.5 Å². The van der Waals surface area contributed by atoms with E-state index in [0.29, 0.717) is 40.2 Å². The van der Waals surface area contributed by atoms with E-state index < -0.39 is 5.91 Å². The first-order chi connectivity index (χ1) is 13.0. The largest absolute Gasteiger partial charge is 0.457 e. The number of hydrogen-bond donors (Lipinski definition) is 2. The van der Waals surface area contributed by atoms with E-state index in [0.717, 1.165) is 11.1 Å². The molecule has 3 rings (SSSR count). The van der Waals surface area contributed by atoms with Crippen molar-refractivity contribution in [2.24, 2.45) is 5.73 Å².